The Morgan fingerprint density at radius 1 is 0.931 bits per heavy atom. The number of halogens is 3. The van der Waals surface area contributed by atoms with E-state index in [1.54, 1.807) is 4.90 Å². The molecule has 2 aromatic rings. The Kier molecular flexibility index (Phi) is 4.90. The number of hydrogen-bond acceptors (Lipinski definition) is 3. The number of carbonyl (C=O) groups excluding carboxylic acids is 1. The number of rotatable bonds is 3. The van der Waals surface area contributed by atoms with Crippen molar-refractivity contribution in [3.8, 4) is 0 Å². The van der Waals surface area contributed by atoms with Crippen molar-refractivity contribution < 1.29 is 26.4 Å². The summed E-state index contributed by atoms with van der Waals surface area (Å²) < 4.78 is 66.4. The third kappa shape index (κ3) is 3.53. The molecule has 5 nitrogen and oxygen atoms in total. The average molecular weight is 424 g/mol. The Hall–Kier alpha value is -2.39. The van der Waals surface area contributed by atoms with E-state index in [0.29, 0.717) is 6.42 Å². The third-order valence-electron chi connectivity index (χ3n) is 5.51. The molecule has 0 spiro atoms. The van der Waals surface area contributed by atoms with Crippen LogP contribution in [0.4, 0.5) is 13.2 Å². The molecule has 29 heavy (non-hydrogen) atoms. The quantitative estimate of drug-likeness (QED) is 0.762. The minimum absolute atomic E-state index is 0.0331. The molecular formula is C20H19F3N2O3S. The lowest BCUT2D eigenvalue weighted by Gasteiger charge is -2.38. The molecular weight excluding hydrogens is 405 g/mol. The first-order valence-corrected chi connectivity index (χ1v) is 10.7. The fourth-order valence-corrected chi connectivity index (χ4v) is 5.55. The second-order valence-corrected chi connectivity index (χ2v) is 9.09. The zero-order valence-electron chi connectivity index (χ0n) is 15.4. The van der Waals surface area contributed by atoms with Crippen molar-refractivity contribution in [2.75, 3.05) is 26.2 Å². The molecule has 1 aliphatic heterocycles. The second-order valence-electron chi connectivity index (χ2n) is 7.18. The minimum atomic E-state index is -4.76. The lowest BCUT2D eigenvalue weighted by Crippen LogP contribution is -2.52. The van der Waals surface area contributed by atoms with Gasteiger partial charge in [-0.05, 0) is 29.7 Å². The third-order valence-corrected chi connectivity index (χ3v) is 7.47. The van der Waals surface area contributed by atoms with Crippen molar-refractivity contribution in [1.82, 2.24) is 9.21 Å². The van der Waals surface area contributed by atoms with Gasteiger partial charge in [-0.1, -0.05) is 36.4 Å². The van der Waals surface area contributed by atoms with E-state index in [-0.39, 0.29) is 38.0 Å². The summed E-state index contributed by atoms with van der Waals surface area (Å²) in [5.74, 6) is -0.281. The van der Waals surface area contributed by atoms with Crippen LogP contribution in [0.3, 0.4) is 0 Å². The fourth-order valence-electron chi connectivity index (χ4n) is 3.91. The lowest BCUT2D eigenvalue weighted by molar-refractivity contribution is -0.140. The van der Waals surface area contributed by atoms with Crippen LogP contribution in [-0.2, 0) is 27.4 Å². The van der Waals surface area contributed by atoms with Gasteiger partial charge in [0.15, 0.2) is 0 Å². The number of alkyl halides is 3. The summed E-state index contributed by atoms with van der Waals surface area (Å²) in [6.45, 7) is 0.249. The number of piperazine rings is 1. The summed E-state index contributed by atoms with van der Waals surface area (Å²) in [6.07, 6.45) is -4.11. The summed E-state index contributed by atoms with van der Waals surface area (Å²) in [5, 5.41) is 0. The summed E-state index contributed by atoms with van der Waals surface area (Å²) in [5.41, 5.74) is 0.951. The first kappa shape index (κ1) is 19.9. The molecule has 4 rings (SSSR count). The smallest absolute Gasteiger partial charge is 0.340 e. The van der Waals surface area contributed by atoms with Gasteiger partial charge in [0, 0.05) is 26.2 Å². The standard InChI is InChI=1S/C20H19F3N2O3S/c21-20(22,23)17-7-3-4-8-18(17)29(27,28)25-11-9-24(10-12-25)19(26)16-13-14-5-1-2-6-15(14)16/h1-8,16H,9-13H2. The van der Waals surface area contributed by atoms with Gasteiger partial charge < -0.3 is 4.90 Å². The van der Waals surface area contributed by atoms with Crippen molar-refractivity contribution in [3.63, 3.8) is 0 Å². The molecule has 0 saturated carbocycles. The molecule has 0 aromatic heterocycles. The van der Waals surface area contributed by atoms with Crippen LogP contribution in [0.15, 0.2) is 53.4 Å². The van der Waals surface area contributed by atoms with Crippen LogP contribution in [0, 0.1) is 0 Å². The summed E-state index contributed by atoms with van der Waals surface area (Å²) in [4.78, 5) is 13.6. The lowest BCUT2D eigenvalue weighted by atomic mass is 9.77. The fraction of sp³-hybridized carbons (Fsp3) is 0.350. The maximum absolute atomic E-state index is 13.2. The van der Waals surface area contributed by atoms with Gasteiger partial charge in [0.05, 0.1) is 16.4 Å². The first-order chi connectivity index (χ1) is 13.7. The molecule has 154 valence electrons. The number of fused-ring (bicyclic) bond motifs is 1. The largest absolute Gasteiger partial charge is 0.417 e. The Balaban J connectivity index is 1.47. The molecule has 0 bridgehead atoms. The van der Waals surface area contributed by atoms with Gasteiger partial charge in [-0.2, -0.15) is 17.5 Å². The van der Waals surface area contributed by atoms with Gasteiger partial charge >= 0.3 is 6.18 Å². The normalized spacial score (nSPS) is 20.1. The van der Waals surface area contributed by atoms with Gasteiger partial charge in [0.1, 0.15) is 0 Å². The summed E-state index contributed by atoms with van der Waals surface area (Å²) >= 11 is 0. The molecule has 1 saturated heterocycles. The van der Waals surface area contributed by atoms with Gasteiger partial charge in [0.2, 0.25) is 15.9 Å². The number of benzene rings is 2. The minimum Gasteiger partial charge on any atom is -0.340 e. The Morgan fingerprint density at radius 2 is 1.55 bits per heavy atom. The van der Waals surface area contributed by atoms with Gasteiger partial charge in [0.25, 0.3) is 0 Å². The molecule has 1 heterocycles. The highest BCUT2D eigenvalue weighted by molar-refractivity contribution is 7.89. The summed E-state index contributed by atoms with van der Waals surface area (Å²) in [6, 6.07) is 11.9. The van der Waals surface area contributed by atoms with E-state index in [4.69, 9.17) is 0 Å². The van der Waals surface area contributed by atoms with E-state index >= 15 is 0 Å². The number of nitrogens with zero attached hydrogens (tertiary/aromatic N) is 2. The topological polar surface area (TPSA) is 57.7 Å². The van der Waals surface area contributed by atoms with Crippen LogP contribution in [0.25, 0.3) is 0 Å². The van der Waals surface area contributed by atoms with Crippen LogP contribution in [0.1, 0.15) is 22.6 Å². The number of hydrogen-bond donors (Lipinski definition) is 0. The first-order valence-electron chi connectivity index (χ1n) is 9.22. The van der Waals surface area contributed by atoms with Gasteiger partial charge in [-0.25, -0.2) is 8.42 Å². The van der Waals surface area contributed by atoms with Gasteiger partial charge in [-0.3, -0.25) is 4.79 Å². The molecule has 2 aliphatic rings. The van der Waals surface area contributed by atoms with Crippen LogP contribution < -0.4 is 0 Å². The highest BCUT2D eigenvalue weighted by Crippen LogP contribution is 2.37. The average Bonchev–Trinajstić information content (AvgIpc) is 2.68. The van der Waals surface area contributed by atoms with Crippen molar-refractivity contribution in [1.29, 1.82) is 0 Å². The Bertz CT molecular complexity index is 1040. The van der Waals surface area contributed by atoms with E-state index in [1.165, 1.54) is 6.07 Å². The predicted molar refractivity (Wildman–Crippen MR) is 99.7 cm³/mol. The zero-order valence-corrected chi connectivity index (χ0v) is 16.2. The van der Waals surface area contributed by atoms with Crippen molar-refractivity contribution in [3.05, 3.63) is 65.2 Å². The maximum Gasteiger partial charge on any atom is 0.417 e. The van der Waals surface area contributed by atoms with Crippen LogP contribution in [0.2, 0.25) is 0 Å². The highest BCUT2D eigenvalue weighted by atomic mass is 32.2. The van der Waals surface area contributed by atoms with Crippen LogP contribution in [-0.4, -0.2) is 49.7 Å². The molecule has 0 N–H and O–H groups in total. The molecule has 1 fully saturated rings. The van der Waals surface area contributed by atoms with Crippen molar-refractivity contribution >= 4 is 15.9 Å². The number of sulfonamides is 1. The highest BCUT2D eigenvalue weighted by Gasteiger charge is 2.41. The van der Waals surface area contributed by atoms with E-state index < -0.39 is 26.7 Å². The van der Waals surface area contributed by atoms with E-state index in [2.05, 4.69) is 0 Å². The predicted octanol–water partition coefficient (Wildman–Crippen LogP) is 2.88. The molecule has 0 radical (unpaired) electrons. The molecule has 9 heteroatoms. The van der Waals surface area contributed by atoms with E-state index in [1.807, 2.05) is 24.3 Å². The van der Waals surface area contributed by atoms with E-state index in [0.717, 1.165) is 33.6 Å². The molecule has 1 unspecified atom stereocenters. The Labute approximate surface area is 166 Å². The molecule has 1 amide bonds. The van der Waals surface area contributed by atoms with Crippen LogP contribution >= 0.6 is 0 Å². The zero-order chi connectivity index (χ0) is 20.8. The SMILES string of the molecule is O=C(C1Cc2ccccc21)N1CCN(S(=O)(=O)c2ccccc2C(F)(F)F)CC1. The maximum atomic E-state index is 13.2. The van der Waals surface area contributed by atoms with Crippen LogP contribution in [0.5, 0.6) is 0 Å². The van der Waals surface area contributed by atoms with Crippen molar-refractivity contribution in [2.45, 2.75) is 23.4 Å². The molecule has 2 aromatic carbocycles. The second kappa shape index (κ2) is 7.14. The monoisotopic (exact) mass is 424 g/mol. The Morgan fingerprint density at radius 3 is 2.21 bits per heavy atom. The van der Waals surface area contributed by atoms with E-state index in [9.17, 15) is 26.4 Å². The van der Waals surface area contributed by atoms with Crippen molar-refractivity contribution in [2.24, 2.45) is 0 Å². The van der Waals surface area contributed by atoms with Gasteiger partial charge in [-0.15, -0.1) is 0 Å². The number of carbonyl (C=O) groups is 1. The molecule has 1 atom stereocenters. The number of amides is 1. The molecule has 1 aliphatic carbocycles. The summed E-state index contributed by atoms with van der Waals surface area (Å²) in [7, 11) is -4.31.